The Balaban J connectivity index is 1.73. The van der Waals surface area contributed by atoms with Gasteiger partial charge in [0.1, 0.15) is 5.82 Å². The van der Waals surface area contributed by atoms with Crippen LogP contribution < -0.4 is 21.7 Å². The van der Waals surface area contributed by atoms with Gasteiger partial charge < -0.3 is 15.1 Å². The van der Waals surface area contributed by atoms with Crippen LogP contribution in [-0.4, -0.2) is 28.8 Å². The molecule has 0 spiro atoms. The van der Waals surface area contributed by atoms with Crippen LogP contribution in [0.15, 0.2) is 45.6 Å². The van der Waals surface area contributed by atoms with Gasteiger partial charge in [-0.1, -0.05) is 11.6 Å². The van der Waals surface area contributed by atoms with Crippen molar-refractivity contribution in [1.29, 1.82) is 0 Å². The minimum absolute atomic E-state index is 0.0407. The largest absolute Gasteiger partial charge is 0.443 e. The van der Waals surface area contributed by atoms with Gasteiger partial charge in [-0.3, -0.25) is 10.1 Å². The molecule has 150 valence electrons. The van der Waals surface area contributed by atoms with E-state index < -0.39 is 23.5 Å². The number of imide groups is 1. The SMILES string of the molecule is CNc1nn(-c2ccc(NC(=O)NC(=O)c3ccc(F)cc3Cl)c(C)c2)c(=O)o1. The van der Waals surface area contributed by atoms with Gasteiger partial charge in [0.25, 0.3) is 5.91 Å². The molecule has 0 aliphatic rings. The number of rotatable bonds is 4. The summed E-state index contributed by atoms with van der Waals surface area (Å²) in [6.07, 6.45) is 0. The Labute approximate surface area is 168 Å². The number of carbonyl (C=O) groups is 2. The van der Waals surface area contributed by atoms with Crippen molar-refractivity contribution in [3.8, 4) is 5.69 Å². The van der Waals surface area contributed by atoms with E-state index in [1.807, 2.05) is 0 Å². The van der Waals surface area contributed by atoms with E-state index in [4.69, 9.17) is 16.0 Å². The minimum Gasteiger partial charge on any atom is -0.373 e. The molecule has 3 N–H and O–H groups in total. The van der Waals surface area contributed by atoms with Gasteiger partial charge in [0.15, 0.2) is 0 Å². The van der Waals surface area contributed by atoms with Crippen LogP contribution in [0.2, 0.25) is 5.02 Å². The highest BCUT2D eigenvalue weighted by atomic mass is 35.5. The maximum atomic E-state index is 13.1. The Kier molecular flexibility index (Phi) is 5.64. The molecule has 0 aliphatic heterocycles. The zero-order valence-corrected chi connectivity index (χ0v) is 16.0. The van der Waals surface area contributed by atoms with Crippen LogP contribution >= 0.6 is 11.6 Å². The molecule has 3 amide bonds. The third kappa shape index (κ3) is 4.43. The molecule has 29 heavy (non-hydrogen) atoms. The second-order valence-electron chi connectivity index (χ2n) is 5.87. The number of nitrogens with zero attached hydrogens (tertiary/aromatic N) is 2. The Hall–Kier alpha value is -3.66. The van der Waals surface area contributed by atoms with Gasteiger partial charge in [0.2, 0.25) is 0 Å². The van der Waals surface area contributed by atoms with Crippen molar-refractivity contribution in [1.82, 2.24) is 15.1 Å². The standard InChI is InChI=1S/C18H15ClFN5O4/c1-9-7-11(25-18(28)29-17(21-2)24-25)4-6-14(9)22-16(27)23-15(26)12-5-3-10(20)8-13(12)19/h3-8H,1-2H3,(H,21,24)(H2,22,23,26,27). The lowest BCUT2D eigenvalue weighted by Gasteiger charge is -2.11. The van der Waals surface area contributed by atoms with Gasteiger partial charge in [-0.05, 0) is 48.9 Å². The molecule has 1 heterocycles. The third-order valence-corrected chi connectivity index (χ3v) is 4.18. The summed E-state index contributed by atoms with van der Waals surface area (Å²) >= 11 is 5.82. The summed E-state index contributed by atoms with van der Waals surface area (Å²) in [5, 5.41) is 11.1. The number of benzene rings is 2. The first-order chi connectivity index (χ1) is 13.8. The lowest BCUT2D eigenvalue weighted by atomic mass is 10.2. The predicted molar refractivity (Wildman–Crippen MR) is 104 cm³/mol. The summed E-state index contributed by atoms with van der Waals surface area (Å²) in [6.45, 7) is 1.70. The van der Waals surface area contributed by atoms with Crippen molar-refractivity contribution in [2.45, 2.75) is 6.92 Å². The highest BCUT2D eigenvalue weighted by Crippen LogP contribution is 2.19. The number of hydrogen-bond acceptors (Lipinski definition) is 6. The molecule has 0 saturated carbocycles. The number of nitrogens with one attached hydrogen (secondary N) is 3. The molecule has 0 aliphatic carbocycles. The van der Waals surface area contributed by atoms with E-state index in [1.165, 1.54) is 6.07 Å². The van der Waals surface area contributed by atoms with E-state index in [1.54, 1.807) is 32.2 Å². The van der Waals surface area contributed by atoms with Gasteiger partial charge in [0.05, 0.1) is 16.3 Å². The lowest BCUT2D eigenvalue weighted by molar-refractivity contribution is 0.0967. The number of aromatic nitrogens is 2. The monoisotopic (exact) mass is 419 g/mol. The summed E-state index contributed by atoms with van der Waals surface area (Å²) in [6, 6.07) is 7.17. The average molecular weight is 420 g/mol. The molecule has 2 aromatic carbocycles. The zero-order chi connectivity index (χ0) is 21.1. The van der Waals surface area contributed by atoms with E-state index in [0.717, 1.165) is 16.8 Å². The second-order valence-corrected chi connectivity index (χ2v) is 6.27. The Morgan fingerprint density at radius 2 is 1.97 bits per heavy atom. The van der Waals surface area contributed by atoms with Crippen molar-refractivity contribution >= 4 is 35.2 Å². The highest BCUT2D eigenvalue weighted by molar-refractivity contribution is 6.34. The molecule has 3 aromatic rings. The van der Waals surface area contributed by atoms with Crippen molar-refractivity contribution in [2.75, 3.05) is 17.7 Å². The Bertz CT molecular complexity index is 1160. The van der Waals surface area contributed by atoms with Crippen molar-refractivity contribution in [2.24, 2.45) is 0 Å². The maximum absolute atomic E-state index is 13.1. The van der Waals surface area contributed by atoms with E-state index in [9.17, 15) is 18.8 Å². The molecule has 0 bridgehead atoms. The first kappa shape index (κ1) is 20.1. The van der Waals surface area contributed by atoms with E-state index in [2.05, 4.69) is 21.0 Å². The van der Waals surface area contributed by atoms with Crippen LogP contribution in [-0.2, 0) is 0 Å². The normalized spacial score (nSPS) is 10.5. The topological polar surface area (TPSA) is 118 Å². The molecule has 3 rings (SSSR count). The first-order valence-corrected chi connectivity index (χ1v) is 8.62. The van der Waals surface area contributed by atoms with Crippen LogP contribution in [0.5, 0.6) is 0 Å². The van der Waals surface area contributed by atoms with Crippen LogP contribution in [0.3, 0.4) is 0 Å². The second kappa shape index (κ2) is 8.15. The lowest BCUT2D eigenvalue weighted by Crippen LogP contribution is -2.34. The number of amides is 3. The zero-order valence-electron chi connectivity index (χ0n) is 15.2. The quantitative estimate of drug-likeness (QED) is 0.598. The van der Waals surface area contributed by atoms with Crippen LogP contribution in [0.4, 0.5) is 20.9 Å². The van der Waals surface area contributed by atoms with Crippen LogP contribution in [0.1, 0.15) is 15.9 Å². The van der Waals surface area contributed by atoms with Crippen molar-refractivity contribution < 1.29 is 18.4 Å². The number of aryl methyl sites for hydroxylation is 1. The molecule has 1 aromatic heterocycles. The number of urea groups is 1. The highest BCUT2D eigenvalue weighted by Gasteiger charge is 2.16. The fourth-order valence-corrected chi connectivity index (χ4v) is 2.71. The first-order valence-electron chi connectivity index (χ1n) is 8.25. The molecule has 9 nitrogen and oxygen atoms in total. The van der Waals surface area contributed by atoms with Crippen molar-refractivity contribution in [3.63, 3.8) is 0 Å². The molecule has 0 unspecified atom stereocenters. The summed E-state index contributed by atoms with van der Waals surface area (Å²) < 4.78 is 19.0. The predicted octanol–water partition coefficient (Wildman–Crippen LogP) is 2.93. The molecule has 0 fully saturated rings. The summed E-state index contributed by atoms with van der Waals surface area (Å²) in [5.74, 6) is -2.05. The summed E-state index contributed by atoms with van der Waals surface area (Å²) in [4.78, 5) is 36.1. The van der Waals surface area contributed by atoms with Crippen molar-refractivity contribution in [3.05, 3.63) is 68.9 Å². The van der Waals surface area contributed by atoms with Gasteiger partial charge in [-0.15, -0.1) is 5.10 Å². The Morgan fingerprint density at radius 1 is 1.21 bits per heavy atom. The maximum Gasteiger partial charge on any atom is 0.443 e. The van der Waals surface area contributed by atoms with Gasteiger partial charge >= 0.3 is 17.8 Å². The number of halogens is 2. The fraction of sp³-hybridized carbons (Fsp3) is 0.111. The van der Waals surface area contributed by atoms with Gasteiger partial charge in [-0.2, -0.15) is 4.68 Å². The van der Waals surface area contributed by atoms with E-state index >= 15 is 0 Å². The average Bonchev–Trinajstić information content (AvgIpc) is 3.04. The molecule has 11 heteroatoms. The van der Waals surface area contributed by atoms with Crippen LogP contribution in [0.25, 0.3) is 5.69 Å². The van der Waals surface area contributed by atoms with Crippen LogP contribution in [0, 0.1) is 12.7 Å². The number of hydrogen-bond donors (Lipinski definition) is 3. The number of anilines is 2. The number of carbonyl (C=O) groups excluding carboxylic acids is 2. The summed E-state index contributed by atoms with van der Waals surface area (Å²) in [7, 11) is 1.56. The molecule has 0 saturated heterocycles. The molecule has 0 radical (unpaired) electrons. The van der Waals surface area contributed by atoms with Gasteiger partial charge in [0, 0.05) is 12.7 Å². The molecular weight excluding hydrogens is 405 g/mol. The fourth-order valence-electron chi connectivity index (χ4n) is 2.46. The summed E-state index contributed by atoms with van der Waals surface area (Å²) in [5.41, 5.74) is 1.39. The third-order valence-electron chi connectivity index (χ3n) is 3.87. The minimum atomic E-state index is -0.803. The molecular formula is C18H15ClFN5O4. The Morgan fingerprint density at radius 3 is 2.59 bits per heavy atom. The van der Waals surface area contributed by atoms with E-state index in [0.29, 0.717) is 16.9 Å². The smallest absolute Gasteiger partial charge is 0.373 e. The van der Waals surface area contributed by atoms with E-state index in [-0.39, 0.29) is 16.6 Å². The van der Waals surface area contributed by atoms with Gasteiger partial charge in [-0.25, -0.2) is 14.0 Å². The molecule has 0 atom stereocenters.